The zero-order valence-corrected chi connectivity index (χ0v) is 13.3. The van der Waals surface area contributed by atoms with Crippen molar-refractivity contribution in [1.29, 1.82) is 0 Å². The van der Waals surface area contributed by atoms with Crippen molar-refractivity contribution in [3.63, 3.8) is 0 Å². The first-order valence-electron chi connectivity index (χ1n) is 7.59. The highest BCUT2D eigenvalue weighted by Crippen LogP contribution is 2.29. The second kappa shape index (κ2) is 5.86. The van der Waals surface area contributed by atoms with Crippen molar-refractivity contribution >= 4 is 16.9 Å². The molecule has 7 heteroatoms. The zero-order valence-electron chi connectivity index (χ0n) is 13.3. The molecule has 4 aromatic heterocycles. The van der Waals surface area contributed by atoms with Crippen molar-refractivity contribution in [3.8, 4) is 22.6 Å². The summed E-state index contributed by atoms with van der Waals surface area (Å²) in [6.07, 6.45) is 3.07. The van der Waals surface area contributed by atoms with Gasteiger partial charge in [0, 0.05) is 11.8 Å². The Balaban J connectivity index is 1.92. The Morgan fingerprint density at radius 1 is 0.920 bits per heavy atom. The maximum atomic E-state index is 13.5. The predicted octanol–water partition coefficient (Wildman–Crippen LogP) is 3.18. The van der Waals surface area contributed by atoms with Crippen molar-refractivity contribution in [2.45, 2.75) is 6.92 Å². The molecule has 0 bridgehead atoms. The van der Waals surface area contributed by atoms with Gasteiger partial charge in [0.2, 0.25) is 0 Å². The van der Waals surface area contributed by atoms with E-state index in [-0.39, 0.29) is 5.82 Å². The van der Waals surface area contributed by atoms with Crippen LogP contribution in [-0.4, -0.2) is 24.9 Å². The average Bonchev–Trinajstić information content (AvgIpc) is 2.64. The molecule has 0 aromatic carbocycles. The minimum atomic E-state index is -0.352. The number of hydrogen-bond donors (Lipinski definition) is 1. The van der Waals surface area contributed by atoms with E-state index in [0.29, 0.717) is 39.6 Å². The molecule has 0 amide bonds. The molecular weight excluding hydrogens is 319 g/mol. The van der Waals surface area contributed by atoms with Gasteiger partial charge in [-0.15, -0.1) is 0 Å². The molecule has 0 unspecified atom stereocenters. The van der Waals surface area contributed by atoms with Crippen LogP contribution < -0.4 is 5.73 Å². The lowest BCUT2D eigenvalue weighted by molar-refractivity contribution is 0.610. The summed E-state index contributed by atoms with van der Waals surface area (Å²) in [4.78, 5) is 21.4. The molecule has 0 aliphatic heterocycles. The van der Waals surface area contributed by atoms with Gasteiger partial charge in [-0.1, -0.05) is 0 Å². The second-order valence-corrected chi connectivity index (χ2v) is 5.49. The van der Waals surface area contributed by atoms with Gasteiger partial charge in [0.05, 0.1) is 28.3 Å². The number of pyridine rings is 3. The number of nitrogens with two attached hydrogens (primary N) is 1. The molecule has 0 saturated heterocycles. The molecule has 4 heterocycles. The van der Waals surface area contributed by atoms with Crippen LogP contribution in [0, 0.1) is 12.7 Å². The van der Waals surface area contributed by atoms with Crippen LogP contribution in [0.2, 0.25) is 0 Å². The largest absolute Gasteiger partial charge is 0.382 e. The van der Waals surface area contributed by atoms with Gasteiger partial charge in [-0.05, 0) is 43.3 Å². The third kappa shape index (κ3) is 2.65. The van der Waals surface area contributed by atoms with E-state index in [4.69, 9.17) is 5.73 Å². The quantitative estimate of drug-likeness (QED) is 0.606. The molecule has 25 heavy (non-hydrogen) atoms. The Labute approximate surface area is 142 Å². The topological polar surface area (TPSA) is 90.5 Å². The summed E-state index contributed by atoms with van der Waals surface area (Å²) in [6.45, 7) is 1.62. The smallest absolute Gasteiger partial charge is 0.153 e. The number of anilines is 1. The monoisotopic (exact) mass is 332 g/mol. The molecule has 6 nitrogen and oxygen atoms in total. The summed E-state index contributed by atoms with van der Waals surface area (Å²) in [5.41, 5.74) is 10.0. The Bertz CT molecular complexity index is 1100. The fraction of sp³-hybridized carbons (Fsp3) is 0.0556. The molecular formula is C18H13FN6. The molecule has 0 atom stereocenters. The van der Waals surface area contributed by atoms with Gasteiger partial charge in [0.1, 0.15) is 17.7 Å². The van der Waals surface area contributed by atoms with Gasteiger partial charge >= 0.3 is 0 Å². The first-order valence-corrected chi connectivity index (χ1v) is 7.59. The molecule has 0 saturated carbocycles. The third-order valence-electron chi connectivity index (χ3n) is 3.86. The first kappa shape index (κ1) is 15.1. The van der Waals surface area contributed by atoms with E-state index < -0.39 is 0 Å². The fourth-order valence-electron chi connectivity index (χ4n) is 2.60. The highest BCUT2D eigenvalue weighted by atomic mass is 19.1. The minimum absolute atomic E-state index is 0.313. The lowest BCUT2D eigenvalue weighted by Gasteiger charge is -2.09. The van der Waals surface area contributed by atoms with Gasteiger partial charge in [0.15, 0.2) is 5.82 Å². The van der Waals surface area contributed by atoms with Crippen molar-refractivity contribution in [2.24, 2.45) is 0 Å². The maximum Gasteiger partial charge on any atom is 0.153 e. The maximum absolute atomic E-state index is 13.5. The van der Waals surface area contributed by atoms with Crippen LogP contribution in [0.15, 0.2) is 48.9 Å². The summed E-state index contributed by atoms with van der Waals surface area (Å²) in [6, 6.07) is 10.4. The Morgan fingerprint density at radius 3 is 2.60 bits per heavy atom. The number of aryl methyl sites for hydroxylation is 1. The van der Waals surface area contributed by atoms with Crippen molar-refractivity contribution < 1.29 is 4.39 Å². The van der Waals surface area contributed by atoms with E-state index >= 15 is 0 Å². The number of fused-ring (bicyclic) bond motifs is 1. The Morgan fingerprint density at radius 2 is 1.76 bits per heavy atom. The lowest BCUT2D eigenvalue weighted by atomic mass is 10.1. The van der Waals surface area contributed by atoms with Crippen molar-refractivity contribution in [2.75, 3.05) is 5.73 Å². The van der Waals surface area contributed by atoms with Gasteiger partial charge in [-0.25, -0.2) is 24.3 Å². The highest BCUT2D eigenvalue weighted by Gasteiger charge is 2.13. The van der Waals surface area contributed by atoms with Gasteiger partial charge < -0.3 is 5.73 Å². The zero-order chi connectivity index (χ0) is 17.4. The van der Waals surface area contributed by atoms with Crippen molar-refractivity contribution in [3.05, 3.63) is 60.4 Å². The number of nitrogen functional groups attached to an aromatic ring is 1. The number of hydrogen-bond acceptors (Lipinski definition) is 6. The fourth-order valence-corrected chi connectivity index (χ4v) is 2.60. The van der Waals surface area contributed by atoms with Crippen LogP contribution in [0.1, 0.15) is 5.69 Å². The van der Waals surface area contributed by atoms with Gasteiger partial charge in [-0.2, -0.15) is 0 Å². The number of nitrogens with zero attached hydrogens (tertiary/aromatic N) is 5. The van der Waals surface area contributed by atoms with Crippen LogP contribution in [0.3, 0.4) is 0 Å². The minimum Gasteiger partial charge on any atom is -0.382 e. The van der Waals surface area contributed by atoms with E-state index in [2.05, 4.69) is 24.9 Å². The normalized spacial score (nSPS) is 11.0. The molecule has 4 aromatic rings. The molecule has 2 N–H and O–H groups in total. The molecule has 0 aliphatic carbocycles. The van der Waals surface area contributed by atoms with Crippen LogP contribution in [0.25, 0.3) is 33.7 Å². The SMILES string of the molecule is Cc1nc(-c2ncccc2-c2ccc3ncnc(N)c3n2)ccc1F. The predicted molar refractivity (Wildman–Crippen MR) is 92.9 cm³/mol. The lowest BCUT2D eigenvalue weighted by Crippen LogP contribution is -1.98. The first-order chi connectivity index (χ1) is 12.1. The Kier molecular flexibility index (Phi) is 3.53. The number of aromatic nitrogens is 5. The second-order valence-electron chi connectivity index (χ2n) is 5.49. The number of rotatable bonds is 2. The summed E-state index contributed by atoms with van der Waals surface area (Å²) in [5.74, 6) is -0.0389. The van der Waals surface area contributed by atoms with Gasteiger partial charge in [0.25, 0.3) is 0 Å². The van der Waals surface area contributed by atoms with E-state index in [1.165, 1.54) is 12.4 Å². The molecule has 4 rings (SSSR count). The van der Waals surface area contributed by atoms with E-state index in [0.717, 1.165) is 5.56 Å². The number of halogens is 1. The molecule has 0 aliphatic rings. The van der Waals surface area contributed by atoms with Crippen LogP contribution in [0.4, 0.5) is 10.2 Å². The highest BCUT2D eigenvalue weighted by molar-refractivity contribution is 5.87. The third-order valence-corrected chi connectivity index (χ3v) is 3.86. The van der Waals surface area contributed by atoms with Crippen LogP contribution >= 0.6 is 0 Å². The summed E-state index contributed by atoms with van der Waals surface area (Å²) >= 11 is 0. The van der Waals surface area contributed by atoms with E-state index in [9.17, 15) is 4.39 Å². The molecule has 122 valence electrons. The van der Waals surface area contributed by atoms with Crippen LogP contribution in [-0.2, 0) is 0 Å². The van der Waals surface area contributed by atoms with Crippen LogP contribution in [0.5, 0.6) is 0 Å². The summed E-state index contributed by atoms with van der Waals surface area (Å²) < 4.78 is 13.5. The van der Waals surface area contributed by atoms with E-state index in [1.807, 2.05) is 24.3 Å². The summed E-state index contributed by atoms with van der Waals surface area (Å²) in [5, 5.41) is 0. The van der Waals surface area contributed by atoms with E-state index in [1.54, 1.807) is 19.2 Å². The molecule has 0 radical (unpaired) electrons. The average molecular weight is 332 g/mol. The molecule has 0 fully saturated rings. The van der Waals surface area contributed by atoms with Crippen molar-refractivity contribution in [1.82, 2.24) is 24.9 Å². The Hall–Kier alpha value is -3.48. The molecule has 0 spiro atoms. The standard InChI is InChI=1S/C18H13FN6/c1-10-12(19)4-5-15(24-10)16-11(3-2-8-21-16)13-6-7-14-17(25-13)18(20)23-9-22-14/h2-9H,1H3,(H2,20,22,23). The summed E-state index contributed by atoms with van der Waals surface area (Å²) in [7, 11) is 0. The van der Waals surface area contributed by atoms with Gasteiger partial charge in [-0.3, -0.25) is 4.98 Å².